The number of rotatable bonds is 3. The van der Waals surface area contributed by atoms with Crippen molar-refractivity contribution in [3.63, 3.8) is 0 Å². The Hall–Kier alpha value is -2.46. The van der Waals surface area contributed by atoms with E-state index in [1.165, 1.54) is 0 Å². The molecule has 0 saturated heterocycles. The van der Waals surface area contributed by atoms with Crippen LogP contribution in [0.2, 0.25) is 5.02 Å². The number of carbonyl (C=O) groups is 1. The lowest BCUT2D eigenvalue weighted by molar-refractivity contribution is 0.0470. The molecule has 0 saturated carbocycles. The van der Waals surface area contributed by atoms with Gasteiger partial charge in [0, 0.05) is 22.3 Å². The molecule has 4 nitrogen and oxygen atoms in total. The maximum absolute atomic E-state index is 12.3. The highest BCUT2D eigenvalue weighted by molar-refractivity contribution is 6.31. The van der Waals surface area contributed by atoms with Crippen LogP contribution in [0.15, 0.2) is 48.7 Å². The molecule has 0 atom stereocenters. The molecule has 1 aromatic carbocycles. The minimum absolute atomic E-state index is 0.137. The third-order valence-corrected chi connectivity index (χ3v) is 3.46. The van der Waals surface area contributed by atoms with E-state index in [2.05, 4.69) is 9.97 Å². The smallest absolute Gasteiger partial charge is 0.339 e. The molecule has 2 aromatic heterocycles. The molecule has 0 spiro atoms. The molecule has 0 fully saturated rings. The van der Waals surface area contributed by atoms with Crippen LogP contribution in [-0.2, 0) is 11.3 Å². The number of halogens is 1. The fraction of sp³-hybridized carbons (Fsp3) is 0.118. The van der Waals surface area contributed by atoms with Gasteiger partial charge in [-0.25, -0.2) is 4.79 Å². The first-order valence-electron chi connectivity index (χ1n) is 6.77. The minimum Gasteiger partial charge on any atom is -0.456 e. The lowest BCUT2D eigenvalue weighted by Crippen LogP contribution is -2.07. The Morgan fingerprint density at radius 1 is 1.23 bits per heavy atom. The Bertz CT molecular complexity index is 849. The van der Waals surface area contributed by atoms with E-state index in [4.69, 9.17) is 16.3 Å². The van der Waals surface area contributed by atoms with Gasteiger partial charge < -0.3 is 4.74 Å². The maximum atomic E-state index is 12.3. The van der Waals surface area contributed by atoms with Crippen LogP contribution in [0.3, 0.4) is 0 Å². The monoisotopic (exact) mass is 312 g/mol. The number of esters is 1. The van der Waals surface area contributed by atoms with Crippen molar-refractivity contribution in [1.82, 2.24) is 9.97 Å². The fourth-order valence-corrected chi connectivity index (χ4v) is 2.36. The summed E-state index contributed by atoms with van der Waals surface area (Å²) in [4.78, 5) is 20.8. The topological polar surface area (TPSA) is 52.1 Å². The summed E-state index contributed by atoms with van der Waals surface area (Å²) in [6, 6.07) is 12.5. The molecular weight excluding hydrogens is 300 g/mol. The zero-order valence-electron chi connectivity index (χ0n) is 11.9. The lowest BCUT2D eigenvalue weighted by atomic mass is 10.1. The van der Waals surface area contributed by atoms with E-state index in [1.807, 2.05) is 25.1 Å². The van der Waals surface area contributed by atoms with E-state index in [-0.39, 0.29) is 6.61 Å². The normalized spacial score (nSPS) is 10.6. The molecule has 0 aliphatic rings. The van der Waals surface area contributed by atoms with Gasteiger partial charge in [-0.15, -0.1) is 0 Å². The highest BCUT2D eigenvalue weighted by Gasteiger charge is 2.12. The summed E-state index contributed by atoms with van der Waals surface area (Å²) in [5.41, 5.74) is 2.73. The van der Waals surface area contributed by atoms with E-state index in [9.17, 15) is 4.79 Å². The second-order valence-corrected chi connectivity index (χ2v) is 5.30. The molecule has 110 valence electrons. The van der Waals surface area contributed by atoms with E-state index < -0.39 is 5.97 Å². The zero-order valence-corrected chi connectivity index (χ0v) is 12.7. The molecule has 0 aliphatic heterocycles. The fourth-order valence-electron chi connectivity index (χ4n) is 2.20. The van der Waals surface area contributed by atoms with Gasteiger partial charge in [0.05, 0.1) is 16.8 Å². The van der Waals surface area contributed by atoms with Gasteiger partial charge in [-0.2, -0.15) is 0 Å². The van der Waals surface area contributed by atoms with Crippen LogP contribution in [0, 0.1) is 6.92 Å². The van der Waals surface area contributed by atoms with Crippen molar-refractivity contribution in [3.8, 4) is 0 Å². The third kappa shape index (κ3) is 3.07. The van der Waals surface area contributed by atoms with Crippen molar-refractivity contribution in [2.45, 2.75) is 13.5 Å². The molecule has 3 rings (SSSR count). The number of aromatic nitrogens is 2. The first kappa shape index (κ1) is 14.5. The summed E-state index contributed by atoms with van der Waals surface area (Å²) in [7, 11) is 0. The molecule has 3 aromatic rings. The Morgan fingerprint density at radius 3 is 2.91 bits per heavy atom. The first-order chi connectivity index (χ1) is 10.6. The van der Waals surface area contributed by atoms with Crippen LogP contribution in [0.25, 0.3) is 10.9 Å². The number of fused-ring (bicyclic) bond motifs is 1. The van der Waals surface area contributed by atoms with Crippen molar-refractivity contribution >= 4 is 28.5 Å². The second kappa shape index (κ2) is 6.12. The standard InChI is InChI=1S/C17H13ClN2O2/c1-11-3-2-4-13(20-11)10-22-17(21)15-7-8-19-16-9-12(18)5-6-14(15)16/h2-9H,10H2,1H3. The average molecular weight is 313 g/mol. The third-order valence-electron chi connectivity index (χ3n) is 3.22. The SMILES string of the molecule is Cc1cccc(COC(=O)c2ccnc3cc(Cl)ccc23)n1. The predicted octanol–water partition coefficient (Wildman–Crippen LogP) is 3.95. The Morgan fingerprint density at radius 2 is 2.09 bits per heavy atom. The van der Waals surface area contributed by atoms with Gasteiger partial charge in [0.2, 0.25) is 0 Å². The van der Waals surface area contributed by atoms with Crippen LogP contribution < -0.4 is 0 Å². The summed E-state index contributed by atoms with van der Waals surface area (Å²) >= 11 is 5.94. The molecule has 5 heteroatoms. The summed E-state index contributed by atoms with van der Waals surface area (Å²) in [5.74, 6) is -0.405. The van der Waals surface area contributed by atoms with Gasteiger partial charge in [-0.3, -0.25) is 9.97 Å². The number of nitrogens with zero attached hydrogens (tertiary/aromatic N) is 2. The number of hydrogen-bond donors (Lipinski definition) is 0. The molecule has 0 unspecified atom stereocenters. The number of carbonyl (C=O) groups excluding carboxylic acids is 1. The number of benzene rings is 1. The van der Waals surface area contributed by atoms with Crippen molar-refractivity contribution in [3.05, 3.63) is 70.6 Å². The van der Waals surface area contributed by atoms with Crippen molar-refractivity contribution in [2.24, 2.45) is 0 Å². The van der Waals surface area contributed by atoms with E-state index in [1.54, 1.807) is 30.5 Å². The zero-order chi connectivity index (χ0) is 15.5. The molecular formula is C17H13ClN2O2. The summed E-state index contributed by atoms with van der Waals surface area (Å²) in [6.45, 7) is 2.03. The van der Waals surface area contributed by atoms with E-state index in [0.29, 0.717) is 21.5 Å². The van der Waals surface area contributed by atoms with Gasteiger partial charge >= 0.3 is 5.97 Å². The van der Waals surface area contributed by atoms with Crippen LogP contribution >= 0.6 is 11.6 Å². The van der Waals surface area contributed by atoms with Gasteiger partial charge in [-0.05, 0) is 37.3 Å². The summed E-state index contributed by atoms with van der Waals surface area (Å²) in [5, 5.41) is 1.29. The van der Waals surface area contributed by atoms with Gasteiger partial charge in [-0.1, -0.05) is 23.7 Å². The Labute approximate surface area is 132 Å². The van der Waals surface area contributed by atoms with Crippen LogP contribution in [-0.4, -0.2) is 15.9 Å². The molecule has 0 N–H and O–H groups in total. The van der Waals surface area contributed by atoms with Gasteiger partial charge in [0.25, 0.3) is 0 Å². The maximum Gasteiger partial charge on any atom is 0.339 e. The van der Waals surface area contributed by atoms with Crippen molar-refractivity contribution < 1.29 is 9.53 Å². The largest absolute Gasteiger partial charge is 0.456 e. The van der Waals surface area contributed by atoms with Crippen LogP contribution in [0.4, 0.5) is 0 Å². The molecule has 2 heterocycles. The minimum atomic E-state index is -0.405. The van der Waals surface area contributed by atoms with Crippen molar-refractivity contribution in [1.29, 1.82) is 0 Å². The average Bonchev–Trinajstić information content (AvgIpc) is 2.52. The first-order valence-corrected chi connectivity index (χ1v) is 7.15. The van der Waals surface area contributed by atoms with Crippen LogP contribution in [0.1, 0.15) is 21.7 Å². The van der Waals surface area contributed by atoms with E-state index >= 15 is 0 Å². The van der Waals surface area contributed by atoms with Crippen molar-refractivity contribution in [2.75, 3.05) is 0 Å². The van der Waals surface area contributed by atoms with Crippen LogP contribution in [0.5, 0.6) is 0 Å². The Balaban J connectivity index is 1.83. The number of ether oxygens (including phenoxy) is 1. The second-order valence-electron chi connectivity index (χ2n) is 4.87. The summed E-state index contributed by atoms with van der Waals surface area (Å²) in [6.07, 6.45) is 1.57. The highest BCUT2D eigenvalue weighted by atomic mass is 35.5. The number of aryl methyl sites for hydroxylation is 1. The quantitative estimate of drug-likeness (QED) is 0.687. The summed E-state index contributed by atoms with van der Waals surface area (Å²) < 4.78 is 5.35. The van der Waals surface area contributed by atoms with E-state index in [0.717, 1.165) is 11.4 Å². The highest BCUT2D eigenvalue weighted by Crippen LogP contribution is 2.21. The molecule has 22 heavy (non-hydrogen) atoms. The molecule has 0 amide bonds. The lowest BCUT2D eigenvalue weighted by Gasteiger charge is -2.07. The molecule has 0 radical (unpaired) electrons. The van der Waals surface area contributed by atoms with Gasteiger partial charge in [0.15, 0.2) is 0 Å². The molecule has 0 bridgehead atoms. The number of pyridine rings is 2. The molecule has 0 aliphatic carbocycles. The Kier molecular flexibility index (Phi) is 4.02. The number of hydrogen-bond acceptors (Lipinski definition) is 4. The van der Waals surface area contributed by atoms with Gasteiger partial charge in [0.1, 0.15) is 6.61 Å². The predicted molar refractivity (Wildman–Crippen MR) is 84.8 cm³/mol.